The molecule has 8 nitrogen and oxygen atoms in total. The Morgan fingerprint density at radius 1 is 1.10 bits per heavy atom. The molecule has 4 aromatic heterocycles. The molecular formula is C22H19N7OS. The van der Waals surface area contributed by atoms with Crippen molar-refractivity contribution in [2.75, 3.05) is 25.5 Å². The smallest absolute Gasteiger partial charge is 0.256 e. The summed E-state index contributed by atoms with van der Waals surface area (Å²) in [6.45, 7) is 1.88. The molecule has 5 rings (SSSR count). The Hall–Kier alpha value is -3.56. The molecule has 0 atom stereocenters. The highest BCUT2D eigenvalue weighted by Gasteiger charge is 2.14. The molecule has 0 spiro atoms. The van der Waals surface area contributed by atoms with Crippen LogP contribution in [0.3, 0.4) is 0 Å². The Morgan fingerprint density at radius 3 is 2.81 bits per heavy atom. The van der Waals surface area contributed by atoms with Crippen LogP contribution in [0.25, 0.3) is 27.0 Å². The van der Waals surface area contributed by atoms with Crippen molar-refractivity contribution in [2.24, 2.45) is 0 Å². The van der Waals surface area contributed by atoms with Gasteiger partial charge in [0.05, 0.1) is 5.69 Å². The fourth-order valence-corrected chi connectivity index (χ4v) is 3.97. The second kappa shape index (κ2) is 8.29. The van der Waals surface area contributed by atoms with Crippen LogP contribution in [0.15, 0.2) is 54.4 Å². The number of pyridine rings is 3. The fourth-order valence-electron chi connectivity index (χ4n) is 3.45. The van der Waals surface area contributed by atoms with E-state index in [0.717, 1.165) is 46.7 Å². The molecule has 0 unspecified atom stereocenters. The monoisotopic (exact) mass is 429 g/mol. The van der Waals surface area contributed by atoms with E-state index in [0.29, 0.717) is 11.4 Å². The Kier molecular flexibility index (Phi) is 5.19. The van der Waals surface area contributed by atoms with Crippen molar-refractivity contribution >= 4 is 39.4 Å². The zero-order valence-electron chi connectivity index (χ0n) is 16.8. The quantitative estimate of drug-likeness (QED) is 0.530. The van der Waals surface area contributed by atoms with Gasteiger partial charge in [-0.2, -0.15) is 0 Å². The van der Waals surface area contributed by atoms with Crippen molar-refractivity contribution in [1.82, 2.24) is 30.0 Å². The number of likely N-dealkylation sites (N-methyl/N-ethyl adjacent to an activating group) is 1. The summed E-state index contributed by atoms with van der Waals surface area (Å²) in [5.74, 6) is 0.256. The maximum atomic E-state index is 12.9. The van der Waals surface area contributed by atoms with E-state index in [1.54, 1.807) is 30.2 Å². The number of nitrogens with one attached hydrogen (secondary N) is 1. The minimum absolute atomic E-state index is 0.220. The standard InChI is InChI=1S/C22H19N7OS/c1-29-6-3-14(4-7-29)18-8-15(2-5-23-18)21(30)27-20-10-16-9-19(22-28-26-13-31-22)24-11-17(16)12-25-20/h2-3,5,8-13H,4,6-7H2,1H3,(H,25,27,30). The van der Waals surface area contributed by atoms with Gasteiger partial charge in [-0.05, 0) is 48.7 Å². The van der Waals surface area contributed by atoms with Crippen LogP contribution in [-0.4, -0.2) is 56.1 Å². The largest absolute Gasteiger partial charge is 0.307 e. The molecule has 0 aromatic carbocycles. The predicted molar refractivity (Wildman–Crippen MR) is 121 cm³/mol. The lowest BCUT2D eigenvalue weighted by atomic mass is 10.0. The molecular weight excluding hydrogens is 410 g/mol. The lowest BCUT2D eigenvalue weighted by Gasteiger charge is -2.21. The number of carbonyl (C=O) groups is 1. The first-order chi connectivity index (χ1) is 15.2. The lowest BCUT2D eigenvalue weighted by molar-refractivity contribution is 0.102. The van der Waals surface area contributed by atoms with Crippen LogP contribution >= 0.6 is 11.3 Å². The Labute approximate surface area is 182 Å². The van der Waals surface area contributed by atoms with E-state index in [9.17, 15) is 4.79 Å². The molecule has 0 saturated carbocycles. The van der Waals surface area contributed by atoms with Gasteiger partial charge in [0.25, 0.3) is 5.91 Å². The van der Waals surface area contributed by atoms with E-state index in [2.05, 4.69) is 48.5 Å². The Morgan fingerprint density at radius 2 is 2.00 bits per heavy atom. The van der Waals surface area contributed by atoms with Gasteiger partial charge in [-0.3, -0.25) is 14.8 Å². The summed E-state index contributed by atoms with van der Waals surface area (Å²) in [4.78, 5) is 28.3. The molecule has 154 valence electrons. The van der Waals surface area contributed by atoms with Gasteiger partial charge >= 0.3 is 0 Å². The zero-order valence-corrected chi connectivity index (χ0v) is 17.6. The maximum Gasteiger partial charge on any atom is 0.256 e. The first-order valence-electron chi connectivity index (χ1n) is 9.83. The van der Waals surface area contributed by atoms with Crippen molar-refractivity contribution in [3.63, 3.8) is 0 Å². The number of carbonyl (C=O) groups excluding carboxylic acids is 1. The van der Waals surface area contributed by atoms with Gasteiger partial charge in [-0.15, -0.1) is 10.2 Å². The molecule has 0 radical (unpaired) electrons. The molecule has 1 amide bonds. The molecule has 1 aliphatic rings. The third-order valence-electron chi connectivity index (χ3n) is 5.19. The third kappa shape index (κ3) is 4.18. The van der Waals surface area contributed by atoms with E-state index in [1.165, 1.54) is 16.9 Å². The highest BCUT2D eigenvalue weighted by Crippen LogP contribution is 2.24. The summed E-state index contributed by atoms with van der Waals surface area (Å²) in [7, 11) is 2.09. The second-order valence-corrected chi connectivity index (χ2v) is 8.19. The van der Waals surface area contributed by atoms with Gasteiger partial charge in [0, 0.05) is 42.6 Å². The van der Waals surface area contributed by atoms with E-state index in [1.807, 2.05) is 18.2 Å². The summed E-state index contributed by atoms with van der Waals surface area (Å²) in [5, 5.41) is 13.4. The Bertz CT molecular complexity index is 1290. The van der Waals surface area contributed by atoms with Crippen molar-refractivity contribution in [3.05, 3.63) is 65.7 Å². The number of nitrogens with zero attached hydrogens (tertiary/aromatic N) is 6. The molecule has 0 fully saturated rings. The summed E-state index contributed by atoms with van der Waals surface area (Å²) >= 11 is 1.43. The molecule has 0 bridgehead atoms. The fraction of sp³-hybridized carbons (Fsp3) is 0.182. The van der Waals surface area contributed by atoms with Gasteiger partial charge in [0.2, 0.25) is 0 Å². The second-order valence-electron chi connectivity index (χ2n) is 7.36. The first-order valence-corrected chi connectivity index (χ1v) is 10.7. The molecule has 9 heteroatoms. The number of fused-ring (bicyclic) bond motifs is 1. The van der Waals surface area contributed by atoms with Gasteiger partial charge < -0.3 is 10.2 Å². The number of rotatable bonds is 4. The van der Waals surface area contributed by atoms with Crippen LogP contribution in [0.2, 0.25) is 0 Å². The molecule has 31 heavy (non-hydrogen) atoms. The van der Waals surface area contributed by atoms with E-state index in [-0.39, 0.29) is 5.91 Å². The number of anilines is 1. The molecule has 0 saturated heterocycles. The summed E-state index contributed by atoms with van der Waals surface area (Å²) in [6.07, 6.45) is 8.21. The number of amides is 1. The van der Waals surface area contributed by atoms with Crippen molar-refractivity contribution in [2.45, 2.75) is 6.42 Å². The summed E-state index contributed by atoms with van der Waals surface area (Å²) in [5.41, 5.74) is 4.98. The van der Waals surface area contributed by atoms with Crippen molar-refractivity contribution < 1.29 is 4.79 Å². The minimum atomic E-state index is -0.220. The highest BCUT2D eigenvalue weighted by atomic mass is 32.1. The van der Waals surface area contributed by atoms with E-state index < -0.39 is 0 Å². The normalized spacial score (nSPS) is 14.4. The van der Waals surface area contributed by atoms with E-state index >= 15 is 0 Å². The van der Waals surface area contributed by atoms with Crippen LogP contribution < -0.4 is 5.32 Å². The average molecular weight is 430 g/mol. The molecule has 1 N–H and O–H groups in total. The van der Waals surface area contributed by atoms with E-state index in [4.69, 9.17) is 0 Å². The summed E-state index contributed by atoms with van der Waals surface area (Å²) < 4.78 is 0. The van der Waals surface area contributed by atoms with Crippen molar-refractivity contribution in [3.8, 4) is 10.7 Å². The van der Waals surface area contributed by atoms with Crippen LogP contribution in [0.4, 0.5) is 5.82 Å². The SMILES string of the molecule is CN1CC=C(c2cc(C(=O)Nc3cc4cc(-c5nncs5)ncc4cn3)ccn2)CC1. The van der Waals surface area contributed by atoms with Crippen LogP contribution in [0, 0.1) is 0 Å². The highest BCUT2D eigenvalue weighted by molar-refractivity contribution is 7.12. The molecule has 5 heterocycles. The predicted octanol–water partition coefficient (Wildman–Crippen LogP) is 3.51. The van der Waals surface area contributed by atoms with Gasteiger partial charge in [0.1, 0.15) is 17.0 Å². The maximum absolute atomic E-state index is 12.9. The number of aromatic nitrogens is 5. The Balaban J connectivity index is 1.38. The van der Waals surface area contributed by atoms with Gasteiger partial charge in [-0.25, -0.2) is 4.98 Å². The number of hydrogen-bond acceptors (Lipinski definition) is 8. The van der Waals surface area contributed by atoms with Gasteiger partial charge in [-0.1, -0.05) is 17.4 Å². The third-order valence-corrected chi connectivity index (χ3v) is 5.90. The van der Waals surface area contributed by atoms with Gasteiger partial charge in [0.15, 0.2) is 5.01 Å². The lowest BCUT2D eigenvalue weighted by Crippen LogP contribution is -2.24. The molecule has 1 aliphatic heterocycles. The molecule has 0 aliphatic carbocycles. The van der Waals surface area contributed by atoms with Crippen LogP contribution in [-0.2, 0) is 0 Å². The molecule has 4 aromatic rings. The van der Waals surface area contributed by atoms with Crippen LogP contribution in [0.5, 0.6) is 0 Å². The topological polar surface area (TPSA) is 96.8 Å². The van der Waals surface area contributed by atoms with Crippen molar-refractivity contribution in [1.29, 1.82) is 0 Å². The first kappa shape index (κ1) is 19.4. The number of hydrogen-bond donors (Lipinski definition) is 1. The summed E-state index contributed by atoms with van der Waals surface area (Å²) in [6, 6.07) is 7.31. The zero-order chi connectivity index (χ0) is 21.2. The average Bonchev–Trinajstić information content (AvgIpc) is 3.34. The minimum Gasteiger partial charge on any atom is -0.307 e. The van der Waals surface area contributed by atoms with Crippen LogP contribution in [0.1, 0.15) is 22.5 Å².